The van der Waals surface area contributed by atoms with E-state index in [-0.39, 0.29) is 0 Å². The van der Waals surface area contributed by atoms with E-state index in [1.807, 2.05) is 12.3 Å². The SMILES string of the molecule is CCN1CCCC1n1c(CCCOC)nc2cccnc21. The van der Waals surface area contributed by atoms with E-state index in [9.17, 15) is 0 Å². The first-order valence-corrected chi connectivity index (χ1v) is 7.90. The molecule has 0 aliphatic carbocycles. The number of methoxy groups -OCH3 is 1. The summed E-state index contributed by atoms with van der Waals surface area (Å²) in [5, 5.41) is 0. The Kier molecular flexibility index (Phi) is 4.51. The number of imidazole rings is 1. The highest BCUT2D eigenvalue weighted by atomic mass is 16.5. The highest BCUT2D eigenvalue weighted by molar-refractivity contribution is 5.71. The number of likely N-dealkylation sites (tertiary alicyclic amines) is 1. The zero-order valence-corrected chi connectivity index (χ0v) is 13.0. The summed E-state index contributed by atoms with van der Waals surface area (Å²) in [4.78, 5) is 11.9. The quantitative estimate of drug-likeness (QED) is 0.766. The number of pyridine rings is 1. The maximum absolute atomic E-state index is 5.18. The summed E-state index contributed by atoms with van der Waals surface area (Å²) < 4.78 is 7.54. The smallest absolute Gasteiger partial charge is 0.161 e. The van der Waals surface area contributed by atoms with Gasteiger partial charge in [-0.05, 0) is 37.9 Å². The van der Waals surface area contributed by atoms with Crippen LogP contribution in [0.3, 0.4) is 0 Å². The van der Waals surface area contributed by atoms with Crippen LogP contribution in [0, 0.1) is 0 Å². The molecule has 0 bridgehead atoms. The van der Waals surface area contributed by atoms with Gasteiger partial charge in [0.1, 0.15) is 11.3 Å². The standard InChI is InChI=1S/C16H24N4O/c1-3-19-11-5-9-15(19)20-14(8-6-12-21-2)18-13-7-4-10-17-16(13)20/h4,7,10,15H,3,5-6,8-9,11-12H2,1-2H3. The molecule has 0 saturated carbocycles. The second-order valence-corrected chi connectivity index (χ2v) is 5.59. The number of rotatable bonds is 6. The van der Waals surface area contributed by atoms with Crippen molar-refractivity contribution < 1.29 is 4.74 Å². The lowest BCUT2D eigenvalue weighted by molar-refractivity contribution is 0.188. The predicted octanol–water partition coefficient (Wildman–Crippen LogP) is 2.62. The van der Waals surface area contributed by atoms with Gasteiger partial charge < -0.3 is 4.74 Å². The van der Waals surface area contributed by atoms with Crippen LogP contribution in [0.1, 0.15) is 38.2 Å². The van der Waals surface area contributed by atoms with Gasteiger partial charge >= 0.3 is 0 Å². The van der Waals surface area contributed by atoms with Gasteiger partial charge in [-0.2, -0.15) is 0 Å². The van der Waals surface area contributed by atoms with Gasteiger partial charge in [-0.3, -0.25) is 9.47 Å². The minimum atomic E-state index is 0.410. The lowest BCUT2D eigenvalue weighted by atomic mass is 10.2. The molecular weight excluding hydrogens is 264 g/mol. The van der Waals surface area contributed by atoms with E-state index in [4.69, 9.17) is 9.72 Å². The summed E-state index contributed by atoms with van der Waals surface area (Å²) in [6.07, 6.45) is 6.66. The lowest BCUT2D eigenvalue weighted by Gasteiger charge is -2.26. The minimum absolute atomic E-state index is 0.410. The molecule has 1 aliphatic rings. The maximum Gasteiger partial charge on any atom is 0.161 e. The fourth-order valence-corrected chi connectivity index (χ4v) is 3.31. The van der Waals surface area contributed by atoms with E-state index < -0.39 is 0 Å². The van der Waals surface area contributed by atoms with E-state index in [0.717, 1.165) is 43.0 Å². The third-order valence-corrected chi connectivity index (χ3v) is 4.30. The molecule has 3 heterocycles. The average molecular weight is 288 g/mol. The van der Waals surface area contributed by atoms with Crippen molar-refractivity contribution in [3.8, 4) is 0 Å². The van der Waals surface area contributed by atoms with Gasteiger partial charge in [-0.15, -0.1) is 0 Å². The molecule has 0 amide bonds. The molecule has 1 atom stereocenters. The van der Waals surface area contributed by atoms with Crippen LogP contribution in [0.4, 0.5) is 0 Å². The zero-order chi connectivity index (χ0) is 14.7. The van der Waals surface area contributed by atoms with Gasteiger partial charge in [-0.1, -0.05) is 6.92 Å². The summed E-state index contributed by atoms with van der Waals surface area (Å²) >= 11 is 0. The van der Waals surface area contributed by atoms with Crippen molar-refractivity contribution in [3.63, 3.8) is 0 Å². The molecule has 5 heteroatoms. The maximum atomic E-state index is 5.18. The fraction of sp³-hybridized carbons (Fsp3) is 0.625. The number of hydrogen-bond acceptors (Lipinski definition) is 4. The molecular formula is C16H24N4O. The molecule has 5 nitrogen and oxygen atoms in total. The van der Waals surface area contributed by atoms with Crippen molar-refractivity contribution in [2.24, 2.45) is 0 Å². The summed E-state index contributed by atoms with van der Waals surface area (Å²) in [6.45, 7) is 5.26. The monoisotopic (exact) mass is 288 g/mol. The summed E-state index contributed by atoms with van der Waals surface area (Å²) in [5.41, 5.74) is 2.03. The lowest BCUT2D eigenvalue weighted by Crippen LogP contribution is -2.28. The molecule has 3 rings (SSSR count). The number of aryl methyl sites for hydroxylation is 1. The number of nitrogens with zero attached hydrogens (tertiary/aromatic N) is 4. The third-order valence-electron chi connectivity index (χ3n) is 4.30. The molecule has 1 aliphatic heterocycles. The molecule has 114 valence electrons. The van der Waals surface area contributed by atoms with Crippen molar-refractivity contribution in [2.75, 3.05) is 26.8 Å². The van der Waals surface area contributed by atoms with E-state index in [1.54, 1.807) is 7.11 Å². The normalized spacial score (nSPS) is 19.6. The molecule has 1 unspecified atom stereocenters. The van der Waals surface area contributed by atoms with Crippen LogP contribution < -0.4 is 0 Å². The topological polar surface area (TPSA) is 43.2 Å². The third kappa shape index (κ3) is 2.80. The molecule has 2 aromatic heterocycles. The minimum Gasteiger partial charge on any atom is -0.385 e. The summed E-state index contributed by atoms with van der Waals surface area (Å²) in [6, 6.07) is 4.02. The molecule has 0 radical (unpaired) electrons. The Balaban J connectivity index is 1.98. The van der Waals surface area contributed by atoms with Crippen molar-refractivity contribution in [1.29, 1.82) is 0 Å². The van der Waals surface area contributed by atoms with Crippen LogP contribution in [-0.2, 0) is 11.2 Å². The van der Waals surface area contributed by atoms with Gasteiger partial charge in [0.05, 0.1) is 6.17 Å². The van der Waals surface area contributed by atoms with E-state index in [2.05, 4.69) is 27.4 Å². The molecule has 2 aromatic rings. The highest BCUT2D eigenvalue weighted by Crippen LogP contribution is 2.31. The first kappa shape index (κ1) is 14.5. The van der Waals surface area contributed by atoms with Gasteiger partial charge in [0.25, 0.3) is 0 Å². The first-order valence-electron chi connectivity index (χ1n) is 7.90. The Morgan fingerprint density at radius 3 is 3.14 bits per heavy atom. The first-order chi connectivity index (χ1) is 10.3. The van der Waals surface area contributed by atoms with Gasteiger partial charge in [0, 0.05) is 32.9 Å². The molecule has 0 aromatic carbocycles. The van der Waals surface area contributed by atoms with Gasteiger partial charge in [-0.25, -0.2) is 9.97 Å². The van der Waals surface area contributed by atoms with Crippen molar-refractivity contribution in [2.45, 2.75) is 38.8 Å². The average Bonchev–Trinajstić information content (AvgIpc) is 3.10. The van der Waals surface area contributed by atoms with Crippen LogP contribution in [0.15, 0.2) is 18.3 Å². The second-order valence-electron chi connectivity index (χ2n) is 5.59. The Morgan fingerprint density at radius 1 is 1.43 bits per heavy atom. The van der Waals surface area contributed by atoms with Crippen LogP contribution in [0.5, 0.6) is 0 Å². The van der Waals surface area contributed by atoms with Gasteiger partial charge in [0.15, 0.2) is 5.65 Å². The van der Waals surface area contributed by atoms with Crippen molar-refractivity contribution in [1.82, 2.24) is 19.4 Å². The van der Waals surface area contributed by atoms with E-state index in [0.29, 0.717) is 6.17 Å². The Hall–Kier alpha value is -1.46. The van der Waals surface area contributed by atoms with Crippen LogP contribution in [0.2, 0.25) is 0 Å². The molecule has 0 N–H and O–H groups in total. The van der Waals surface area contributed by atoms with Crippen LogP contribution in [0.25, 0.3) is 11.2 Å². The highest BCUT2D eigenvalue weighted by Gasteiger charge is 2.28. The van der Waals surface area contributed by atoms with Crippen molar-refractivity contribution >= 4 is 11.2 Å². The largest absolute Gasteiger partial charge is 0.385 e. The number of ether oxygens (including phenoxy) is 1. The van der Waals surface area contributed by atoms with E-state index >= 15 is 0 Å². The van der Waals surface area contributed by atoms with Gasteiger partial charge in [0.2, 0.25) is 0 Å². The fourth-order valence-electron chi connectivity index (χ4n) is 3.31. The number of hydrogen-bond donors (Lipinski definition) is 0. The van der Waals surface area contributed by atoms with Crippen molar-refractivity contribution in [3.05, 3.63) is 24.2 Å². The molecule has 1 fully saturated rings. The molecule has 21 heavy (non-hydrogen) atoms. The summed E-state index contributed by atoms with van der Waals surface area (Å²) in [5.74, 6) is 1.14. The van der Waals surface area contributed by atoms with Crippen LogP contribution in [-0.4, -0.2) is 46.2 Å². The predicted molar refractivity (Wildman–Crippen MR) is 83.2 cm³/mol. The number of fused-ring (bicyclic) bond motifs is 1. The van der Waals surface area contributed by atoms with E-state index in [1.165, 1.54) is 19.4 Å². The Morgan fingerprint density at radius 2 is 2.33 bits per heavy atom. The summed E-state index contributed by atoms with van der Waals surface area (Å²) in [7, 11) is 1.75. The Labute approximate surface area is 125 Å². The Bertz CT molecular complexity index is 595. The molecule has 0 spiro atoms. The zero-order valence-electron chi connectivity index (χ0n) is 13.0. The van der Waals surface area contributed by atoms with Crippen LogP contribution >= 0.6 is 0 Å². The molecule has 1 saturated heterocycles. The number of aromatic nitrogens is 3. The second kappa shape index (κ2) is 6.54.